The number of aromatic amines is 1. The summed E-state index contributed by atoms with van der Waals surface area (Å²) in [7, 11) is 1.42. The molecule has 0 radical (unpaired) electrons. The second-order valence-corrected chi connectivity index (χ2v) is 9.76. The molecule has 2 aromatic heterocycles. The summed E-state index contributed by atoms with van der Waals surface area (Å²) < 4.78 is 51.5. The van der Waals surface area contributed by atoms with Gasteiger partial charge in [-0.3, -0.25) is 9.78 Å². The van der Waals surface area contributed by atoms with Gasteiger partial charge in [-0.2, -0.15) is 13.2 Å². The lowest BCUT2D eigenvalue weighted by molar-refractivity contribution is -0.138. The van der Waals surface area contributed by atoms with Gasteiger partial charge in [0.2, 0.25) is 0 Å². The number of halogens is 3. The van der Waals surface area contributed by atoms with Gasteiger partial charge in [-0.15, -0.1) is 0 Å². The van der Waals surface area contributed by atoms with Gasteiger partial charge >= 0.3 is 6.18 Å². The van der Waals surface area contributed by atoms with Gasteiger partial charge in [0.05, 0.1) is 36.0 Å². The summed E-state index contributed by atoms with van der Waals surface area (Å²) in [6.07, 6.45) is 0.454. The van der Waals surface area contributed by atoms with E-state index in [0.717, 1.165) is 56.4 Å². The average molecular weight is 539 g/mol. The molecule has 0 aliphatic heterocycles. The first-order valence-corrected chi connectivity index (χ1v) is 12.8. The van der Waals surface area contributed by atoms with E-state index in [-0.39, 0.29) is 17.4 Å². The van der Waals surface area contributed by atoms with E-state index in [9.17, 15) is 18.0 Å². The second kappa shape index (κ2) is 11.4. The van der Waals surface area contributed by atoms with Gasteiger partial charge in [0.1, 0.15) is 17.3 Å². The number of amides is 1. The maximum absolute atomic E-state index is 13.4. The van der Waals surface area contributed by atoms with Crippen LogP contribution in [0.3, 0.4) is 0 Å². The lowest BCUT2D eigenvalue weighted by Gasteiger charge is -2.27. The van der Waals surface area contributed by atoms with Crippen LogP contribution in [0.5, 0.6) is 5.75 Å². The van der Waals surface area contributed by atoms with Crippen LogP contribution < -0.4 is 10.1 Å². The standard InChI is InChI=1S/C29H29F3N4O3/c1-38-25-15-23-22(14-24(25)36-28(37)26-21(29(30,31)32)8-5-13-33-26)34-27(35-23)20-11-9-19(10-12-20)17-39-16-18-6-3-2-4-7-18/h2-8,13-15,19-20H,9-12,16-17H2,1H3,(H,34,35)(H,36,37). The SMILES string of the molecule is COc1cc2nc(C3CCC(COCc4ccccc4)CC3)[nH]c2cc1NC(=O)c1ncccc1C(F)(F)F. The molecule has 0 atom stereocenters. The molecule has 0 saturated heterocycles. The molecule has 5 rings (SSSR count). The zero-order valence-electron chi connectivity index (χ0n) is 21.4. The van der Waals surface area contributed by atoms with Crippen molar-refractivity contribution in [1.29, 1.82) is 0 Å². The van der Waals surface area contributed by atoms with E-state index in [1.807, 2.05) is 18.2 Å². The Balaban J connectivity index is 1.25. The number of hydrogen-bond acceptors (Lipinski definition) is 5. The molecule has 0 unspecified atom stereocenters. The molecule has 7 nitrogen and oxygen atoms in total. The van der Waals surface area contributed by atoms with Crippen molar-refractivity contribution in [3.63, 3.8) is 0 Å². The average Bonchev–Trinajstić information content (AvgIpc) is 3.36. The van der Waals surface area contributed by atoms with E-state index in [1.165, 1.54) is 12.7 Å². The fourth-order valence-electron chi connectivity index (χ4n) is 5.03. The Hall–Kier alpha value is -3.92. The Bertz CT molecular complexity index is 1430. The summed E-state index contributed by atoms with van der Waals surface area (Å²) in [6, 6.07) is 15.4. The van der Waals surface area contributed by atoms with E-state index in [2.05, 4.69) is 27.4 Å². The number of hydrogen-bond donors (Lipinski definition) is 2. The summed E-state index contributed by atoms with van der Waals surface area (Å²) in [4.78, 5) is 24.5. The fourth-order valence-corrected chi connectivity index (χ4v) is 5.03. The van der Waals surface area contributed by atoms with Crippen molar-refractivity contribution in [3.05, 3.63) is 83.4 Å². The van der Waals surface area contributed by atoms with Gasteiger partial charge in [-0.05, 0) is 55.4 Å². The highest BCUT2D eigenvalue weighted by Gasteiger charge is 2.36. The molecule has 39 heavy (non-hydrogen) atoms. The van der Waals surface area contributed by atoms with Crippen LogP contribution in [0, 0.1) is 5.92 Å². The van der Waals surface area contributed by atoms with Crippen molar-refractivity contribution in [3.8, 4) is 5.75 Å². The van der Waals surface area contributed by atoms with Gasteiger partial charge in [0.15, 0.2) is 0 Å². The third kappa shape index (κ3) is 6.22. The lowest BCUT2D eigenvalue weighted by Crippen LogP contribution is -2.20. The van der Waals surface area contributed by atoms with Crippen molar-refractivity contribution in [2.75, 3.05) is 19.0 Å². The van der Waals surface area contributed by atoms with Gasteiger partial charge < -0.3 is 19.8 Å². The molecule has 2 aromatic carbocycles. The predicted octanol–water partition coefficient (Wildman–Crippen LogP) is 6.73. The molecular weight excluding hydrogens is 509 g/mol. The maximum atomic E-state index is 13.4. The van der Waals surface area contributed by atoms with Crippen molar-refractivity contribution < 1.29 is 27.4 Å². The van der Waals surface area contributed by atoms with E-state index in [4.69, 9.17) is 14.5 Å². The van der Waals surface area contributed by atoms with E-state index < -0.39 is 23.3 Å². The molecule has 1 fully saturated rings. The van der Waals surface area contributed by atoms with Crippen LogP contribution in [0.1, 0.15) is 59.0 Å². The Morgan fingerprint density at radius 1 is 1.08 bits per heavy atom. The number of imidazole rings is 1. The van der Waals surface area contributed by atoms with E-state index >= 15 is 0 Å². The highest BCUT2D eigenvalue weighted by atomic mass is 19.4. The third-order valence-corrected chi connectivity index (χ3v) is 7.10. The van der Waals surface area contributed by atoms with E-state index in [0.29, 0.717) is 23.6 Å². The first-order valence-electron chi connectivity index (χ1n) is 12.8. The molecule has 204 valence electrons. The fraction of sp³-hybridized carbons (Fsp3) is 0.345. The minimum absolute atomic E-state index is 0.225. The number of alkyl halides is 3. The molecule has 4 aromatic rings. The number of benzene rings is 2. The van der Waals surface area contributed by atoms with E-state index in [1.54, 1.807) is 12.1 Å². The van der Waals surface area contributed by atoms with Crippen molar-refractivity contribution >= 4 is 22.6 Å². The normalized spacial score (nSPS) is 17.7. The summed E-state index contributed by atoms with van der Waals surface area (Å²) in [5.74, 6) is 0.924. The molecule has 10 heteroatoms. The maximum Gasteiger partial charge on any atom is 0.418 e. The molecule has 1 saturated carbocycles. The topological polar surface area (TPSA) is 89.1 Å². The summed E-state index contributed by atoms with van der Waals surface area (Å²) in [5.41, 5.74) is 0.895. The molecule has 0 bridgehead atoms. The highest BCUT2D eigenvalue weighted by Crippen LogP contribution is 2.37. The summed E-state index contributed by atoms with van der Waals surface area (Å²) in [5, 5.41) is 2.52. The van der Waals surface area contributed by atoms with Crippen LogP contribution in [-0.2, 0) is 17.5 Å². The number of aromatic nitrogens is 3. The van der Waals surface area contributed by atoms with Gasteiger partial charge in [0, 0.05) is 24.8 Å². The highest BCUT2D eigenvalue weighted by molar-refractivity contribution is 6.05. The molecular formula is C29H29F3N4O3. The Labute approximate surface area is 223 Å². The Kier molecular flexibility index (Phi) is 7.83. The minimum Gasteiger partial charge on any atom is -0.494 e. The number of nitrogens with zero attached hydrogens (tertiary/aromatic N) is 2. The first kappa shape index (κ1) is 26.7. The zero-order chi connectivity index (χ0) is 27.4. The number of carbonyl (C=O) groups excluding carboxylic acids is 1. The largest absolute Gasteiger partial charge is 0.494 e. The summed E-state index contributed by atoms with van der Waals surface area (Å²) >= 11 is 0. The Morgan fingerprint density at radius 2 is 1.85 bits per heavy atom. The van der Waals surface area contributed by atoms with Crippen molar-refractivity contribution in [2.45, 2.75) is 44.4 Å². The van der Waals surface area contributed by atoms with Crippen LogP contribution in [0.15, 0.2) is 60.8 Å². The molecule has 2 N–H and O–H groups in total. The quantitative estimate of drug-likeness (QED) is 0.260. The number of H-pyrrole nitrogens is 1. The zero-order valence-corrected chi connectivity index (χ0v) is 21.4. The van der Waals surface area contributed by atoms with Crippen molar-refractivity contribution in [2.24, 2.45) is 5.92 Å². The van der Waals surface area contributed by atoms with Crippen LogP contribution in [-0.4, -0.2) is 34.6 Å². The molecule has 0 spiro atoms. The van der Waals surface area contributed by atoms with Crippen molar-refractivity contribution in [1.82, 2.24) is 15.0 Å². The number of anilines is 1. The number of nitrogens with one attached hydrogen (secondary N) is 2. The van der Waals surface area contributed by atoms with Gasteiger partial charge in [0.25, 0.3) is 5.91 Å². The van der Waals surface area contributed by atoms with Crippen LogP contribution in [0.25, 0.3) is 11.0 Å². The predicted molar refractivity (Wildman–Crippen MR) is 141 cm³/mol. The van der Waals surface area contributed by atoms with Crippen LogP contribution in [0.4, 0.5) is 18.9 Å². The minimum atomic E-state index is -4.71. The smallest absolute Gasteiger partial charge is 0.418 e. The van der Waals surface area contributed by atoms with Crippen LogP contribution in [0.2, 0.25) is 0 Å². The number of carbonyl (C=O) groups is 1. The number of methoxy groups -OCH3 is 1. The number of rotatable bonds is 8. The number of ether oxygens (including phenoxy) is 2. The lowest BCUT2D eigenvalue weighted by atomic mass is 9.82. The molecule has 2 heterocycles. The summed E-state index contributed by atoms with van der Waals surface area (Å²) in [6.45, 7) is 1.34. The van der Waals surface area contributed by atoms with Crippen LogP contribution >= 0.6 is 0 Å². The third-order valence-electron chi connectivity index (χ3n) is 7.10. The monoisotopic (exact) mass is 538 g/mol. The first-order chi connectivity index (χ1) is 18.8. The van der Waals surface area contributed by atoms with Gasteiger partial charge in [-0.25, -0.2) is 4.98 Å². The molecule has 1 aliphatic rings. The molecule has 1 aliphatic carbocycles. The number of pyridine rings is 1. The second-order valence-electron chi connectivity index (χ2n) is 9.76. The number of fused-ring (bicyclic) bond motifs is 1. The van der Waals surface area contributed by atoms with Gasteiger partial charge in [-0.1, -0.05) is 30.3 Å². The Morgan fingerprint density at radius 3 is 2.56 bits per heavy atom. The molecule has 1 amide bonds.